The van der Waals surface area contributed by atoms with E-state index in [-0.39, 0.29) is 0 Å². The Bertz CT molecular complexity index is 321. The number of anilines is 1. The van der Waals surface area contributed by atoms with Crippen LogP contribution in [0.1, 0.15) is 6.92 Å². The molecule has 0 radical (unpaired) electrons. The lowest BCUT2D eigenvalue weighted by molar-refractivity contribution is -0.145. The zero-order chi connectivity index (χ0) is 12.2. The molecule has 0 saturated heterocycles. The standard InChI is InChI=1S/C9H15F3N4/c1-2-15(7-9(10,11)12)3-4-16-6-8(13)5-14-16/h5-6H,2-4,7,13H2,1H3. The molecular weight excluding hydrogens is 221 g/mol. The first-order chi connectivity index (χ1) is 7.40. The highest BCUT2D eigenvalue weighted by atomic mass is 19.4. The van der Waals surface area contributed by atoms with Crippen molar-refractivity contribution in [3.05, 3.63) is 12.4 Å². The van der Waals surface area contributed by atoms with Gasteiger partial charge in [-0.25, -0.2) is 0 Å². The van der Waals surface area contributed by atoms with Crippen LogP contribution in [0.5, 0.6) is 0 Å². The minimum atomic E-state index is -4.15. The van der Waals surface area contributed by atoms with Crippen molar-refractivity contribution in [2.24, 2.45) is 0 Å². The van der Waals surface area contributed by atoms with Crippen LogP contribution in [-0.4, -0.2) is 40.5 Å². The Morgan fingerprint density at radius 3 is 2.62 bits per heavy atom. The SMILES string of the molecule is CCN(CCn1cc(N)cn1)CC(F)(F)F. The van der Waals surface area contributed by atoms with E-state index in [1.165, 1.54) is 15.8 Å². The Labute approximate surface area is 91.8 Å². The van der Waals surface area contributed by atoms with Crippen LogP contribution in [0.15, 0.2) is 12.4 Å². The number of nitrogens with zero attached hydrogens (tertiary/aromatic N) is 3. The molecule has 1 aromatic rings. The van der Waals surface area contributed by atoms with E-state index in [0.29, 0.717) is 25.3 Å². The van der Waals surface area contributed by atoms with E-state index in [0.717, 1.165) is 0 Å². The molecule has 4 nitrogen and oxygen atoms in total. The summed E-state index contributed by atoms with van der Waals surface area (Å²) in [7, 11) is 0. The number of aromatic nitrogens is 2. The third-order valence-electron chi connectivity index (χ3n) is 2.15. The first-order valence-corrected chi connectivity index (χ1v) is 4.97. The van der Waals surface area contributed by atoms with Crippen LogP contribution in [0.3, 0.4) is 0 Å². The lowest BCUT2D eigenvalue weighted by Gasteiger charge is -2.21. The van der Waals surface area contributed by atoms with E-state index in [9.17, 15) is 13.2 Å². The van der Waals surface area contributed by atoms with Gasteiger partial charge in [0.1, 0.15) is 0 Å². The summed E-state index contributed by atoms with van der Waals surface area (Å²) in [6, 6.07) is 0. The molecule has 0 aromatic carbocycles. The quantitative estimate of drug-likeness (QED) is 0.839. The van der Waals surface area contributed by atoms with E-state index < -0.39 is 12.7 Å². The second-order valence-electron chi connectivity index (χ2n) is 3.52. The summed E-state index contributed by atoms with van der Waals surface area (Å²) >= 11 is 0. The predicted octanol–water partition coefficient (Wildman–Crippen LogP) is 1.35. The molecule has 0 aliphatic carbocycles. The Hall–Kier alpha value is -1.24. The summed E-state index contributed by atoms with van der Waals surface area (Å²) in [5.74, 6) is 0. The monoisotopic (exact) mass is 236 g/mol. The average molecular weight is 236 g/mol. The summed E-state index contributed by atoms with van der Waals surface area (Å²) in [6.07, 6.45) is -1.08. The third-order valence-corrected chi connectivity index (χ3v) is 2.15. The summed E-state index contributed by atoms with van der Waals surface area (Å²) in [4.78, 5) is 1.32. The Morgan fingerprint density at radius 1 is 1.50 bits per heavy atom. The van der Waals surface area contributed by atoms with Gasteiger partial charge in [0, 0.05) is 12.7 Å². The van der Waals surface area contributed by atoms with Gasteiger partial charge >= 0.3 is 6.18 Å². The van der Waals surface area contributed by atoms with E-state index >= 15 is 0 Å². The van der Waals surface area contributed by atoms with Crippen molar-refractivity contribution in [1.29, 1.82) is 0 Å². The maximum atomic E-state index is 12.1. The van der Waals surface area contributed by atoms with E-state index in [4.69, 9.17) is 5.73 Å². The number of alkyl halides is 3. The van der Waals surface area contributed by atoms with E-state index in [1.807, 2.05) is 0 Å². The lowest BCUT2D eigenvalue weighted by Crippen LogP contribution is -2.36. The van der Waals surface area contributed by atoms with Crippen molar-refractivity contribution in [3.8, 4) is 0 Å². The molecule has 2 N–H and O–H groups in total. The highest BCUT2D eigenvalue weighted by molar-refractivity contribution is 5.30. The zero-order valence-electron chi connectivity index (χ0n) is 9.04. The minimum Gasteiger partial charge on any atom is -0.396 e. The molecule has 0 fully saturated rings. The third kappa shape index (κ3) is 4.52. The van der Waals surface area contributed by atoms with Crippen molar-refractivity contribution < 1.29 is 13.2 Å². The summed E-state index contributed by atoms with van der Waals surface area (Å²) in [5, 5.41) is 3.90. The van der Waals surface area contributed by atoms with Gasteiger partial charge in [0.15, 0.2) is 0 Å². The van der Waals surface area contributed by atoms with Crippen molar-refractivity contribution in [2.45, 2.75) is 19.6 Å². The first kappa shape index (κ1) is 12.8. The molecule has 0 aliphatic rings. The lowest BCUT2D eigenvalue weighted by atomic mass is 10.4. The highest BCUT2D eigenvalue weighted by Gasteiger charge is 2.29. The summed E-state index contributed by atoms with van der Waals surface area (Å²) in [6.45, 7) is 1.87. The number of nitrogen functional groups attached to an aromatic ring is 1. The van der Waals surface area contributed by atoms with Gasteiger partial charge in [-0.3, -0.25) is 9.58 Å². The molecule has 0 aliphatic heterocycles. The Kier molecular flexibility index (Phi) is 4.17. The van der Waals surface area contributed by atoms with Crippen molar-refractivity contribution in [2.75, 3.05) is 25.4 Å². The van der Waals surface area contributed by atoms with Crippen LogP contribution in [-0.2, 0) is 6.54 Å². The van der Waals surface area contributed by atoms with Crippen molar-refractivity contribution >= 4 is 5.69 Å². The van der Waals surface area contributed by atoms with Crippen LogP contribution < -0.4 is 5.73 Å². The Morgan fingerprint density at radius 2 is 2.19 bits per heavy atom. The second kappa shape index (κ2) is 5.20. The van der Waals surface area contributed by atoms with Crippen molar-refractivity contribution in [1.82, 2.24) is 14.7 Å². The van der Waals surface area contributed by atoms with Crippen molar-refractivity contribution in [3.63, 3.8) is 0 Å². The first-order valence-electron chi connectivity index (χ1n) is 4.97. The molecule has 0 bridgehead atoms. The molecule has 1 rings (SSSR count). The zero-order valence-corrected chi connectivity index (χ0v) is 9.04. The smallest absolute Gasteiger partial charge is 0.396 e. The van der Waals surface area contributed by atoms with Crippen LogP contribution >= 0.6 is 0 Å². The maximum Gasteiger partial charge on any atom is 0.401 e. The molecular formula is C9H15F3N4. The normalized spacial score (nSPS) is 12.3. The number of hydrogen-bond donors (Lipinski definition) is 1. The summed E-state index contributed by atoms with van der Waals surface area (Å²) in [5.41, 5.74) is 5.96. The largest absolute Gasteiger partial charge is 0.401 e. The molecule has 0 unspecified atom stereocenters. The molecule has 0 atom stereocenters. The topological polar surface area (TPSA) is 47.1 Å². The van der Waals surface area contributed by atoms with Gasteiger partial charge in [0.2, 0.25) is 0 Å². The van der Waals surface area contributed by atoms with Gasteiger partial charge in [-0.1, -0.05) is 6.92 Å². The molecule has 16 heavy (non-hydrogen) atoms. The fraction of sp³-hybridized carbons (Fsp3) is 0.667. The van der Waals surface area contributed by atoms with E-state index in [1.54, 1.807) is 13.1 Å². The average Bonchev–Trinajstić information content (AvgIpc) is 2.57. The van der Waals surface area contributed by atoms with Gasteiger partial charge in [-0.2, -0.15) is 18.3 Å². The van der Waals surface area contributed by atoms with Crippen LogP contribution in [0.25, 0.3) is 0 Å². The second-order valence-corrected chi connectivity index (χ2v) is 3.52. The molecule has 7 heteroatoms. The number of halogens is 3. The van der Waals surface area contributed by atoms with Gasteiger partial charge in [-0.05, 0) is 6.54 Å². The fourth-order valence-electron chi connectivity index (χ4n) is 1.35. The number of rotatable bonds is 5. The van der Waals surface area contributed by atoms with Crippen LogP contribution in [0.4, 0.5) is 18.9 Å². The highest BCUT2D eigenvalue weighted by Crippen LogP contribution is 2.16. The van der Waals surface area contributed by atoms with Gasteiger partial charge < -0.3 is 5.73 Å². The molecule has 0 saturated carbocycles. The van der Waals surface area contributed by atoms with Gasteiger partial charge in [-0.15, -0.1) is 0 Å². The number of hydrogen-bond acceptors (Lipinski definition) is 3. The van der Waals surface area contributed by atoms with Gasteiger partial charge in [0.05, 0.1) is 25.0 Å². The molecule has 1 aromatic heterocycles. The minimum absolute atomic E-state index is 0.303. The van der Waals surface area contributed by atoms with Gasteiger partial charge in [0.25, 0.3) is 0 Å². The number of likely N-dealkylation sites (N-methyl/N-ethyl adjacent to an activating group) is 1. The van der Waals surface area contributed by atoms with Crippen LogP contribution in [0.2, 0.25) is 0 Å². The Balaban J connectivity index is 2.40. The van der Waals surface area contributed by atoms with Crippen LogP contribution in [0, 0.1) is 0 Å². The molecule has 92 valence electrons. The maximum absolute atomic E-state index is 12.1. The van der Waals surface area contributed by atoms with E-state index in [2.05, 4.69) is 5.10 Å². The molecule has 1 heterocycles. The predicted molar refractivity (Wildman–Crippen MR) is 54.8 cm³/mol. The number of nitrogens with two attached hydrogens (primary N) is 1. The molecule has 0 amide bonds. The summed E-state index contributed by atoms with van der Waals surface area (Å²) < 4.78 is 38.0. The molecule has 0 spiro atoms. The fourth-order valence-corrected chi connectivity index (χ4v) is 1.35.